The lowest BCUT2D eigenvalue weighted by Crippen LogP contribution is -2.57. The Balaban J connectivity index is 1.87. The Morgan fingerprint density at radius 2 is 1.63 bits per heavy atom. The van der Waals surface area contributed by atoms with E-state index >= 15 is 0 Å². The van der Waals surface area contributed by atoms with Crippen molar-refractivity contribution >= 4 is 11.9 Å². The van der Waals surface area contributed by atoms with Crippen LogP contribution in [0.5, 0.6) is 0 Å². The van der Waals surface area contributed by atoms with Crippen molar-refractivity contribution in [3.8, 4) is 0 Å². The smallest absolute Gasteiger partial charge is 0.305 e. The van der Waals surface area contributed by atoms with Crippen molar-refractivity contribution < 1.29 is 14.7 Å². The van der Waals surface area contributed by atoms with Crippen LogP contribution in [0.3, 0.4) is 0 Å². The fourth-order valence-electron chi connectivity index (χ4n) is 3.33. The van der Waals surface area contributed by atoms with E-state index in [1.807, 2.05) is 0 Å². The van der Waals surface area contributed by atoms with E-state index in [0.717, 1.165) is 44.9 Å². The van der Waals surface area contributed by atoms with Crippen LogP contribution < -0.4 is 11.1 Å². The lowest BCUT2D eigenvalue weighted by molar-refractivity contribution is -0.140. The fraction of sp³-hybridized carbons (Fsp3) is 0.857. The highest BCUT2D eigenvalue weighted by molar-refractivity contribution is 5.79. The van der Waals surface area contributed by atoms with Crippen molar-refractivity contribution in [2.75, 3.05) is 0 Å². The number of aliphatic carboxylic acids is 1. The number of rotatable bonds is 5. The maximum Gasteiger partial charge on any atom is 0.305 e. The second-order valence-corrected chi connectivity index (χ2v) is 6.35. The van der Waals surface area contributed by atoms with Crippen molar-refractivity contribution in [1.29, 1.82) is 0 Å². The van der Waals surface area contributed by atoms with Gasteiger partial charge in [-0.1, -0.05) is 19.3 Å². The summed E-state index contributed by atoms with van der Waals surface area (Å²) in [5.74, 6) is -0.925. The van der Waals surface area contributed by atoms with Gasteiger partial charge in [0.1, 0.15) is 0 Å². The monoisotopic (exact) mass is 268 g/mol. The molecule has 2 fully saturated rings. The first-order valence-corrected chi connectivity index (χ1v) is 7.25. The maximum absolute atomic E-state index is 12.1. The summed E-state index contributed by atoms with van der Waals surface area (Å²) in [6, 6.07) is 0. The molecule has 0 atom stereocenters. The number of carbonyl (C=O) groups is 2. The molecule has 0 bridgehead atoms. The van der Waals surface area contributed by atoms with Crippen molar-refractivity contribution in [3.05, 3.63) is 0 Å². The number of carboxylic acid groups (broad SMARTS) is 1. The molecule has 0 saturated heterocycles. The number of amides is 1. The quantitative estimate of drug-likeness (QED) is 0.705. The largest absolute Gasteiger partial charge is 0.481 e. The first-order valence-electron chi connectivity index (χ1n) is 7.25. The fourth-order valence-corrected chi connectivity index (χ4v) is 3.33. The van der Waals surface area contributed by atoms with Gasteiger partial charge in [-0.25, -0.2) is 0 Å². The van der Waals surface area contributed by atoms with Crippen molar-refractivity contribution in [3.63, 3.8) is 0 Å². The van der Waals surface area contributed by atoms with E-state index in [4.69, 9.17) is 10.8 Å². The zero-order chi connectivity index (χ0) is 13.9. The SMILES string of the molecule is NC1(CC(=O)NC2(CC(=O)O)CCC2)CCCCC1. The third-order valence-electron chi connectivity index (χ3n) is 4.57. The Morgan fingerprint density at radius 1 is 1.00 bits per heavy atom. The minimum absolute atomic E-state index is 0.0241. The van der Waals surface area contributed by atoms with E-state index in [2.05, 4.69) is 5.32 Å². The number of nitrogens with one attached hydrogen (secondary N) is 1. The molecular weight excluding hydrogens is 244 g/mol. The van der Waals surface area contributed by atoms with Crippen LogP contribution in [-0.2, 0) is 9.59 Å². The van der Waals surface area contributed by atoms with Gasteiger partial charge in [-0.15, -0.1) is 0 Å². The number of carbonyl (C=O) groups excluding carboxylic acids is 1. The van der Waals surface area contributed by atoms with Crippen LogP contribution in [0.2, 0.25) is 0 Å². The molecule has 0 aliphatic heterocycles. The number of carboxylic acids is 1. The summed E-state index contributed by atoms with van der Waals surface area (Å²) in [6.45, 7) is 0. The summed E-state index contributed by atoms with van der Waals surface area (Å²) in [4.78, 5) is 23.0. The van der Waals surface area contributed by atoms with Gasteiger partial charge in [0, 0.05) is 12.0 Å². The molecule has 2 saturated carbocycles. The first-order chi connectivity index (χ1) is 8.93. The molecule has 5 heteroatoms. The Labute approximate surface area is 113 Å². The highest BCUT2D eigenvalue weighted by atomic mass is 16.4. The summed E-state index contributed by atoms with van der Waals surface area (Å²) in [7, 11) is 0. The third-order valence-corrected chi connectivity index (χ3v) is 4.57. The molecule has 0 aromatic carbocycles. The van der Waals surface area contributed by atoms with Crippen LogP contribution in [0.15, 0.2) is 0 Å². The van der Waals surface area contributed by atoms with Crippen LogP contribution in [0.1, 0.15) is 64.2 Å². The lowest BCUT2D eigenvalue weighted by Gasteiger charge is -2.42. The predicted octanol–water partition coefficient (Wildman–Crippen LogP) is 1.55. The highest BCUT2D eigenvalue weighted by Gasteiger charge is 2.41. The maximum atomic E-state index is 12.1. The molecule has 1 amide bonds. The Bertz CT molecular complexity index is 358. The summed E-state index contributed by atoms with van der Waals surface area (Å²) in [5, 5.41) is 11.9. The summed E-state index contributed by atoms with van der Waals surface area (Å²) in [5.41, 5.74) is 5.38. The van der Waals surface area contributed by atoms with Gasteiger partial charge in [0.2, 0.25) is 5.91 Å². The zero-order valence-electron chi connectivity index (χ0n) is 11.4. The standard InChI is InChI=1S/C14H24N2O3/c15-13(5-2-1-3-6-13)9-11(17)16-14(7-4-8-14)10-12(18)19/h1-10,15H2,(H,16,17)(H,18,19). The molecule has 2 aliphatic carbocycles. The topological polar surface area (TPSA) is 92.4 Å². The summed E-state index contributed by atoms with van der Waals surface area (Å²) < 4.78 is 0. The van der Waals surface area contributed by atoms with Gasteiger partial charge >= 0.3 is 5.97 Å². The first kappa shape index (κ1) is 14.3. The number of hydrogen-bond acceptors (Lipinski definition) is 3. The van der Waals surface area contributed by atoms with Crippen molar-refractivity contribution in [2.45, 2.75) is 75.3 Å². The second kappa shape index (κ2) is 5.49. The van der Waals surface area contributed by atoms with E-state index in [1.54, 1.807) is 0 Å². The zero-order valence-corrected chi connectivity index (χ0v) is 11.4. The molecule has 0 aromatic rings. The van der Waals surface area contributed by atoms with Crippen LogP contribution in [0, 0.1) is 0 Å². The Kier molecular flexibility index (Phi) is 4.13. The molecule has 0 aromatic heterocycles. The van der Waals surface area contributed by atoms with Gasteiger partial charge in [0.05, 0.1) is 12.0 Å². The molecule has 0 spiro atoms. The highest BCUT2D eigenvalue weighted by Crippen LogP contribution is 2.36. The van der Waals surface area contributed by atoms with Gasteiger partial charge in [0.25, 0.3) is 0 Å². The third kappa shape index (κ3) is 3.69. The van der Waals surface area contributed by atoms with Crippen LogP contribution >= 0.6 is 0 Å². The molecule has 2 aliphatic rings. The molecule has 0 radical (unpaired) electrons. The summed E-state index contributed by atoms with van der Waals surface area (Å²) in [6.07, 6.45) is 8.04. The van der Waals surface area contributed by atoms with Gasteiger partial charge in [-0.3, -0.25) is 9.59 Å². The van der Waals surface area contributed by atoms with Gasteiger partial charge in [-0.05, 0) is 32.1 Å². The Morgan fingerprint density at radius 3 is 2.11 bits per heavy atom. The molecule has 0 unspecified atom stereocenters. The van der Waals surface area contributed by atoms with E-state index < -0.39 is 11.5 Å². The van der Waals surface area contributed by atoms with Crippen LogP contribution in [0.25, 0.3) is 0 Å². The normalized spacial score (nSPS) is 24.3. The van der Waals surface area contributed by atoms with Crippen molar-refractivity contribution in [1.82, 2.24) is 5.32 Å². The molecule has 4 N–H and O–H groups in total. The minimum Gasteiger partial charge on any atom is -0.481 e. The Hall–Kier alpha value is -1.10. The molecule has 19 heavy (non-hydrogen) atoms. The van der Waals surface area contributed by atoms with Gasteiger partial charge < -0.3 is 16.2 Å². The van der Waals surface area contributed by atoms with Gasteiger partial charge in [-0.2, -0.15) is 0 Å². The molecule has 2 rings (SSSR count). The van der Waals surface area contributed by atoms with Crippen LogP contribution in [-0.4, -0.2) is 28.1 Å². The molecule has 0 heterocycles. The van der Waals surface area contributed by atoms with E-state index in [-0.39, 0.29) is 17.9 Å². The van der Waals surface area contributed by atoms with E-state index in [1.165, 1.54) is 6.42 Å². The van der Waals surface area contributed by atoms with E-state index in [9.17, 15) is 9.59 Å². The predicted molar refractivity (Wildman–Crippen MR) is 71.6 cm³/mol. The second-order valence-electron chi connectivity index (χ2n) is 6.35. The number of hydrogen-bond donors (Lipinski definition) is 3. The number of nitrogens with two attached hydrogens (primary N) is 1. The molecule has 5 nitrogen and oxygen atoms in total. The van der Waals surface area contributed by atoms with E-state index in [0.29, 0.717) is 6.42 Å². The average Bonchev–Trinajstić information content (AvgIpc) is 2.25. The lowest BCUT2D eigenvalue weighted by atomic mass is 9.73. The molecular formula is C14H24N2O3. The molecule has 108 valence electrons. The minimum atomic E-state index is -0.847. The van der Waals surface area contributed by atoms with Crippen molar-refractivity contribution in [2.24, 2.45) is 5.73 Å². The van der Waals surface area contributed by atoms with Crippen LogP contribution in [0.4, 0.5) is 0 Å². The average molecular weight is 268 g/mol. The summed E-state index contributed by atoms with van der Waals surface area (Å²) >= 11 is 0. The van der Waals surface area contributed by atoms with Gasteiger partial charge in [0.15, 0.2) is 0 Å².